The van der Waals surface area contributed by atoms with Crippen molar-refractivity contribution < 1.29 is 32.8 Å². The van der Waals surface area contributed by atoms with E-state index >= 15 is 0 Å². The zero-order chi connectivity index (χ0) is 33.6. The number of hydrogen-bond donors (Lipinski definition) is 0. The number of quaternary nitrogens is 2. The Labute approximate surface area is 278 Å². The molecule has 1 aliphatic rings. The number of benzene rings is 2. The summed E-state index contributed by atoms with van der Waals surface area (Å²) >= 11 is 0. The number of carbonyl (C=O) groups excluding carboxylic acids is 3. The number of carbonyl (C=O) groups is 3. The largest absolute Gasteiger partial charge is 0.462 e. The molecule has 2 aromatic carbocycles. The Hall–Kier alpha value is -3.03. The van der Waals surface area contributed by atoms with Crippen molar-refractivity contribution in [2.24, 2.45) is 0 Å². The van der Waals surface area contributed by atoms with E-state index in [9.17, 15) is 14.4 Å². The highest BCUT2D eigenvalue weighted by Gasteiger charge is 2.29. The second kappa shape index (κ2) is 18.3. The van der Waals surface area contributed by atoms with Gasteiger partial charge in [-0.3, -0.25) is 4.79 Å². The molecule has 0 saturated carbocycles. The number of esters is 2. The minimum Gasteiger partial charge on any atom is -0.462 e. The van der Waals surface area contributed by atoms with Crippen LogP contribution in [0.5, 0.6) is 0 Å². The predicted octanol–water partition coefficient (Wildman–Crippen LogP) is 8.09. The third-order valence-electron chi connectivity index (χ3n) is 9.65. The van der Waals surface area contributed by atoms with Gasteiger partial charge in [0.25, 0.3) is 0 Å². The highest BCUT2D eigenvalue weighted by molar-refractivity contribution is 6.22. The van der Waals surface area contributed by atoms with Crippen molar-refractivity contribution in [3.8, 4) is 11.1 Å². The summed E-state index contributed by atoms with van der Waals surface area (Å²) in [5.74, 6) is -1.01. The van der Waals surface area contributed by atoms with Gasteiger partial charge in [-0.1, -0.05) is 65.5 Å². The topological polar surface area (TPSA) is 69.7 Å². The second-order valence-corrected chi connectivity index (χ2v) is 13.8. The average molecular weight is 637 g/mol. The lowest BCUT2D eigenvalue weighted by Crippen LogP contribution is -2.46. The Bertz CT molecular complexity index is 1190. The monoisotopic (exact) mass is 636 g/mol. The molecule has 3 rings (SSSR count). The maximum atomic E-state index is 13.4. The molecule has 0 N–H and O–H groups in total. The van der Waals surface area contributed by atoms with Crippen molar-refractivity contribution in [3.63, 3.8) is 0 Å². The van der Waals surface area contributed by atoms with Crippen molar-refractivity contribution in [1.82, 2.24) is 0 Å². The van der Waals surface area contributed by atoms with Crippen molar-refractivity contribution in [1.29, 1.82) is 0 Å². The van der Waals surface area contributed by atoms with Gasteiger partial charge in [0, 0.05) is 24.0 Å². The smallest absolute Gasteiger partial charge is 0.338 e. The number of nitrogens with zero attached hydrogens (tertiary/aromatic N) is 2. The first kappa shape index (κ1) is 37.4. The highest BCUT2D eigenvalue weighted by atomic mass is 16.5. The maximum Gasteiger partial charge on any atom is 0.338 e. The van der Waals surface area contributed by atoms with Crippen molar-refractivity contribution in [3.05, 3.63) is 58.7 Å². The molecule has 0 aromatic heterocycles. The van der Waals surface area contributed by atoms with Crippen LogP contribution < -0.4 is 0 Å². The summed E-state index contributed by atoms with van der Waals surface area (Å²) in [7, 11) is 4.61. The molecule has 1 aliphatic carbocycles. The number of fused-ring (bicyclic) bond motifs is 3. The minimum absolute atomic E-state index is 0.186. The molecule has 0 saturated heterocycles. The first-order valence-corrected chi connectivity index (χ1v) is 17.9. The molecule has 0 heterocycles. The van der Waals surface area contributed by atoms with Crippen LogP contribution in [0.1, 0.15) is 129 Å². The fraction of sp³-hybridized carbons (Fsp3) is 0.615. The van der Waals surface area contributed by atoms with Gasteiger partial charge in [-0.15, -0.1) is 0 Å². The van der Waals surface area contributed by atoms with Gasteiger partial charge in [-0.25, -0.2) is 9.59 Å². The Morgan fingerprint density at radius 1 is 0.522 bits per heavy atom. The molecular formula is C39H60N2O5+2. The summed E-state index contributed by atoms with van der Waals surface area (Å²) in [6, 6.07) is 10.3. The van der Waals surface area contributed by atoms with Crippen LogP contribution in [0.15, 0.2) is 36.4 Å². The maximum absolute atomic E-state index is 13.4. The van der Waals surface area contributed by atoms with Gasteiger partial charge < -0.3 is 18.4 Å². The van der Waals surface area contributed by atoms with E-state index in [1.807, 2.05) is 12.1 Å². The SMILES string of the molecule is CCCC[N+](C)(CCCC)CCCOC(=O)c1ccc2c(c1)C(=O)c1cc(C(=O)OCCC[N+](C)(CCCC)CCCC)ccc1-2. The van der Waals surface area contributed by atoms with Gasteiger partial charge in [0.1, 0.15) is 0 Å². The molecule has 0 fully saturated rings. The van der Waals surface area contributed by atoms with Crippen LogP contribution in [0.2, 0.25) is 0 Å². The molecule has 0 unspecified atom stereocenters. The van der Waals surface area contributed by atoms with Gasteiger partial charge in [0.2, 0.25) is 0 Å². The lowest BCUT2D eigenvalue weighted by molar-refractivity contribution is -0.910. The first-order chi connectivity index (χ1) is 22.1. The van der Waals surface area contributed by atoms with E-state index in [1.54, 1.807) is 24.3 Å². The fourth-order valence-electron chi connectivity index (χ4n) is 6.55. The quantitative estimate of drug-likeness (QED) is 0.0634. The third kappa shape index (κ3) is 10.5. The Balaban J connectivity index is 1.55. The van der Waals surface area contributed by atoms with E-state index in [0.717, 1.165) is 72.2 Å². The summed E-state index contributed by atoms with van der Waals surface area (Å²) in [5.41, 5.74) is 3.22. The summed E-state index contributed by atoms with van der Waals surface area (Å²) in [4.78, 5) is 39.3. The van der Waals surface area contributed by atoms with Crippen LogP contribution in [0.4, 0.5) is 0 Å². The minimum atomic E-state index is -0.411. The Morgan fingerprint density at radius 2 is 0.848 bits per heavy atom. The molecule has 7 heteroatoms. The van der Waals surface area contributed by atoms with Crippen molar-refractivity contribution >= 4 is 17.7 Å². The number of unbranched alkanes of at least 4 members (excludes halogenated alkanes) is 4. The number of hydrogen-bond acceptors (Lipinski definition) is 5. The Morgan fingerprint density at radius 3 is 1.17 bits per heavy atom. The van der Waals surface area contributed by atoms with Gasteiger partial charge in [-0.2, -0.15) is 0 Å². The average Bonchev–Trinajstić information content (AvgIpc) is 3.35. The van der Waals surface area contributed by atoms with E-state index in [2.05, 4.69) is 41.8 Å². The summed E-state index contributed by atoms with van der Waals surface area (Å²) in [6.07, 6.45) is 11.1. The summed E-state index contributed by atoms with van der Waals surface area (Å²) in [5, 5.41) is 0. The van der Waals surface area contributed by atoms with E-state index < -0.39 is 11.9 Å². The normalized spacial score (nSPS) is 12.6. The first-order valence-electron chi connectivity index (χ1n) is 17.9. The van der Waals surface area contributed by atoms with E-state index in [4.69, 9.17) is 9.47 Å². The number of ether oxygens (including phenoxy) is 2. The van der Waals surface area contributed by atoms with E-state index in [0.29, 0.717) is 35.5 Å². The molecule has 2 aromatic rings. The molecule has 0 radical (unpaired) electrons. The van der Waals surface area contributed by atoms with Gasteiger partial charge in [-0.05, 0) is 61.1 Å². The zero-order valence-corrected chi connectivity index (χ0v) is 29.6. The molecule has 0 bridgehead atoms. The molecule has 0 atom stereocenters. The van der Waals surface area contributed by atoms with Crippen LogP contribution >= 0.6 is 0 Å². The Kier molecular flexibility index (Phi) is 14.9. The molecule has 254 valence electrons. The standard InChI is InChI=1S/C39H60N2O5/c1-7-11-21-40(5,22-12-8-2)25-15-27-45-38(43)31-17-19-33-34-20-18-32(30-36(34)37(42)35(33)29-31)39(44)46-28-16-26-41(6,23-13-9-3)24-14-10-4/h17-20,29-30H,7-16,21-28H2,1-6H3/q+2. The highest BCUT2D eigenvalue weighted by Crippen LogP contribution is 2.37. The molecule has 0 aliphatic heterocycles. The molecule has 7 nitrogen and oxygen atoms in total. The van der Waals surface area contributed by atoms with Gasteiger partial charge in [0.15, 0.2) is 5.78 Å². The van der Waals surface area contributed by atoms with E-state index in [-0.39, 0.29) is 5.78 Å². The van der Waals surface area contributed by atoms with Crippen molar-refractivity contribution in [2.75, 3.05) is 66.6 Å². The molecule has 46 heavy (non-hydrogen) atoms. The molecule has 0 amide bonds. The van der Waals surface area contributed by atoms with Crippen LogP contribution in [0.3, 0.4) is 0 Å². The fourth-order valence-corrected chi connectivity index (χ4v) is 6.55. The second-order valence-electron chi connectivity index (χ2n) is 13.8. The number of ketones is 1. The zero-order valence-electron chi connectivity index (χ0n) is 29.6. The number of rotatable bonds is 22. The molecular weight excluding hydrogens is 576 g/mol. The van der Waals surface area contributed by atoms with Crippen molar-refractivity contribution in [2.45, 2.75) is 91.9 Å². The lowest BCUT2D eigenvalue weighted by atomic mass is 10.0. The van der Waals surface area contributed by atoms with Crippen LogP contribution in [-0.4, -0.2) is 93.3 Å². The third-order valence-corrected chi connectivity index (χ3v) is 9.65. The lowest BCUT2D eigenvalue weighted by Gasteiger charge is -2.34. The molecule has 0 spiro atoms. The summed E-state index contributed by atoms with van der Waals surface area (Å²) in [6.45, 7) is 16.1. The van der Waals surface area contributed by atoms with Gasteiger partial charge in [0.05, 0.1) is 77.7 Å². The van der Waals surface area contributed by atoms with Crippen LogP contribution in [0.25, 0.3) is 11.1 Å². The van der Waals surface area contributed by atoms with Crippen LogP contribution in [0, 0.1) is 0 Å². The summed E-state index contributed by atoms with van der Waals surface area (Å²) < 4.78 is 13.3. The van der Waals surface area contributed by atoms with Crippen LogP contribution in [-0.2, 0) is 9.47 Å². The van der Waals surface area contributed by atoms with Gasteiger partial charge >= 0.3 is 11.9 Å². The predicted molar refractivity (Wildman–Crippen MR) is 186 cm³/mol. The van der Waals surface area contributed by atoms with E-state index in [1.165, 1.54) is 51.4 Å².